The Kier molecular flexibility index (Phi) is 6.23. The van der Waals surface area contributed by atoms with Gasteiger partial charge in [-0.05, 0) is 38.1 Å². The minimum Gasteiger partial charge on any atom is -0.368 e. The second kappa shape index (κ2) is 7.19. The molecule has 0 radical (unpaired) electrons. The van der Waals surface area contributed by atoms with Crippen molar-refractivity contribution in [3.05, 3.63) is 0 Å². The highest BCUT2D eigenvalue weighted by Crippen LogP contribution is 2.24. The normalized spacial score (nSPS) is 32.9. The maximum Gasteiger partial charge on any atom is 0.249 e. The van der Waals surface area contributed by atoms with Gasteiger partial charge >= 0.3 is 0 Å². The van der Waals surface area contributed by atoms with Crippen LogP contribution >= 0.6 is 12.4 Å². The molecule has 0 aromatic carbocycles. The lowest BCUT2D eigenvalue weighted by atomic mass is 9.84. The van der Waals surface area contributed by atoms with Crippen molar-refractivity contribution in [2.75, 3.05) is 13.2 Å². The van der Waals surface area contributed by atoms with Crippen LogP contribution in [0.5, 0.6) is 0 Å². The van der Waals surface area contributed by atoms with E-state index in [0.29, 0.717) is 12.5 Å². The van der Waals surface area contributed by atoms with Gasteiger partial charge in [0.2, 0.25) is 5.91 Å². The summed E-state index contributed by atoms with van der Waals surface area (Å²) < 4.78 is 5.38. The van der Waals surface area contributed by atoms with Gasteiger partial charge in [-0.15, -0.1) is 12.4 Å². The number of amides is 1. The van der Waals surface area contributed by atoms with Crippen LogP contribution in [0.4, 0.5) is 0 Å². The van der Waals surface area contributed by atoms with Gasteiger partial charge in [0, 0.05) is 12.6 Å². The lowest BCUT2D eigenvalue weighted by molar-refractivity contribution is -0.131. The number of hydrogen-bond acceptors (Lipinski definition) is 3. The van der Waals surface area contributed by atoms with E-state index in [1.165, 1.54) is 12.8 Å². The van der Waals surface area contributed by atoms with E-state index >= 15 is 0 Å². The molecule has 3 atom stereocenters. The van der Waals surface area contributed by atoms with Crippen LogP contribution in [0, 0.1) is 5.92 Å². The average molecular weight is 263 g/mol. The van der Waals surface area contributed by atoms with Crippen molar-refractivity contribution in [2.45, 2.75) is 50.7 Å². The molecule has 1 saturated heterocycles. The molecule has 5 heteroatoms. The molecule has 2 unspecified atom stereocenters. The molecule has 1 aliphatic heterocycles. The summed E-state index contributed by atoms with van der Waals surface area (Å²) in [6, 6.07) is 0.274. The zero-order valence-electron chi connectivity index (χ0n) is 10.2. The van der Waals surface area contributed by atoms with Crippen LogP contribution in [-0.4, -0.2) is 31.2 Å². The molecule has 17 heavy (non-hydrogen) atoms. The number of nitrogens with two attached hydrogens (primary N) is 1. The van der Waals surface area contributed by atoms with Crippen molar-refractivity contribution in [2.24, 2.45) is 11.7 Å². The number of carbonyl (C=O) groups excluding carboxylic acids is 1. The van der Waals surface area contributed by atoms with Crippen molar-refractivity contribution in [3.8, 4) is 0 Å². The van der Waals surface area contributed by atoms with Gasteiger partial charge in [-0.1, -0.05) is 12.8 Å². The Labute approximate surface area is 109 Å². The van der Waals surface area contributed by atoms with Crippen LogP contribution in [-0.2, 0) is 9.53 Å². The number of hydrogen-bond donors (Lipinski definition) is 2. The molecule has 0 spiro atoms. The standard InChI is InChI=1S/C12H22N2O2.ClH/c13-8-9-4-1-2-5-10(9)14-12(15)11-6-3-7-16-11;/h9-11H,1-8,13H2,(H,14,15);1H/t9?,10?,11-;/m0./s1. The van der Waals surface area contributed by atoms with E-state index in [4.69, 9.17) is 10.5 Å². The van der Waals surface area contributed by atoms with E-state index < -0.39 is 0 Å². The van der Waals surface area contributed by atoms with Crippen molar-refractivity contribution in [1.82, 2.24) is 5.32 Å². The second-order valence-electron chi connectivity index (χ2n) is 4.90. The third-order valence-corrected chi connectivity index (χ3v) is 3.76. The minimum atomic E-state index is -0.208. The molecule has 1 saturated carbocycles. The van der Waals surface area contributed by atoms with Crippen molar-refractivity contribution >= 4 is 18.3 Å². The Bertz CT molecular complexity index is 245. The Morgan fingerprint density at radius 3 is 2.65 bits per heavy atom. The molecule has 100 valence electrons. The molecular weight excluding hydrogens is 240 g/mol. The lowest BCUT2D eigenvalue weighted by Crippen LogP contribution is -2.48. The molecular formula is C12H23ClN2O2. The fourth-order valence-corrected chi connectivity index (χ4v) is 2.74. The number of halogens is 1. The van der Waals surface area contributed by atoms with Gasteiger partial charge in [0.15, 0.2) is 0 Å². The van der Waals surface area contributed by atoms with Crippen LogP contribution in [0.1, 0.15) is 38.5 Å². The minimum absolute atomic E-state index is 0. The van der Waals surface area contributed by atoms with Gasteiger partial charge in [0.25, 0.3) is 0 Å². The van der Waals surface area contributed by atoms with Crippen molar-refractivity contribution in [3.63, 3.8) is 0 Å². The van der Waals surface area contributed by atoms with Gasteiger partial charge in [0.1, 0.15) is 6.10 Å². The van der Waals surface area contributed by atoms with Gasteiger partial charge < -0.3 is 15.8 Å². The predicted octanol–water partition coefficient (Wildman–Crippen LogP) is 1.22. The van der Waals surface area contributed by atoms with Gasteiger partial charge in [0.05, 0.1) is 0 Å². The summed E-state index contributed by atoms with van der Waals surface area (Å²) in [5.41, 5.74) is 5.74. The molecule has 1 aliphatic carbocycles. The van der Waals surface area contributed by atoms with Crippen LogP contribution < -0.4 is 11.1 Å². The zero-order chi connectivity index (χ0) is 11.4. The molecule has 0 bridgehead atoms. The topological polar surface area (TPSA) is 64.3 Å². The molecule has 2 fully saturated rings. The van der Waals surface area contributed by atoms with E-state index in [1.807, 2.05) is 0 Å². The first-order valence-corrected chi connectivity index (χ1v) is 6.43. The van der Waals surface area contributed by atoms with Crippen molar-refractivity contribution < 1.29 is 9.53 Å². The van der Waals surface area contributed by atoms with Crippen LogP contribution in [0.3, 0.4) is 0 Å². The fraction of sp³-hybridized carbons (Fsp3) is 0.917. The summed E-state index contributed by atoms with van der Waals surface area (Å²) in [6.07, 6.45) is 6.32. The summed E-state index contributed by atoms with van der Waals surface area (Å²) in [5.74, 6) is 0.530. The molecule has 0 aromatic heterocycles. The smallest absolute Gasteiger partial charge is 0.249 e. The second-order valence-corrected chi connectivity index (χ2v) is 4.90. The SMILES string of the molecule is Cl.NCC1CCCCC1NC(=O)[C@@H]1CCCO1. The highest BCUT2D eigenvalue weighted by atomic mass is 35.5. The maximum absolute atomic E-state index is 11.9. The third kappa shape index (κ3) is 3.83. The first-order valence-electron chi connectivity index (χ1n) is 6.43. The van der Waals surface area contributed by atoms with Crippen LogP contribution in [0.2, 0.25) is 0 Å². The summed E-state index contributed by atoms with van der Waals surface area (Å²) in [5, 5.41) is 3.12. The first kappa shape index (κ1) is 14.7. The monoisotopic (exact) mass is 262 g/mol. The predicted molar refractivity (Wildman–Crippen MR) is 69.2 cm³/mol. The van der Waals surface area contributed by atoms with Crippen LogP contribution in [0.25, 0.3) is 0 Å². The van der Waals surface area contributed by atoms with Gasteiger partial charge in [-0.3, -0.25) is 4.79 Å². The highest BCUT2D eigenvalue weighted by Gasteiger charge is 2.29. The summed E-state index contributed by atoms with van der Waals surface area (Å²) in [4.78, 5) is 11.9. The first-order chi connectivity index (χ1) is 7.81. The molecule has 4 nitrogen and oxygen atoms in total. The molecule has 2 rings (SSSR count). The number of nitrogens with one attached hydrogen (secondary N) is 1. The summed E-state index contributed by atoms with van der Waals surface area (Å²) in [7, 11) is 0. The quantitative estimate of drug-likeness (QED) is 0.804. The van der Waals surface area contributed by atoms with E-state index in [9.17, 15) is 4.79 Å². The zero-order valence-corrected chi connectivity index (χ0v) is 11.0. The number of carbonyl (C=O) groups is 1. The largest absolute Gasteiger partial charge is 0.368 e. The molecule has 1 amide bonds. The average Bonchev–Trinajstić information content (AvgIpc) is 2.83. The molecule has 1 heterocycles. The van der Waals surface area contributed by atoms with E-state index in [0.717, 1.165) is 32.3 Å². The fourth-order valence-electron chi connectivity index (χ4n) is 2.74. The summed E-state index contributed by atoms with van der Waals surface area (Å²) >= 11 is 0. The number of ether oxygens (including phenoxy) is 1. The Balaban J connectivity index is 0.00000144. The number of rotatable bonds is 3. The summed E-state index contributed by atoms with van der Waals surface area (Å²) in [6.45, 7) is 1.40. The van der Waals surface area contributed by atoms with E-state index in [-0.39, 0.29) is 30.5 Å². The molecule has 3 N–H and O–H groups in total. The Morgan fingerprint density at radius 1 is 1.24 bits per heavy atom. The Hall–Kier alpha value is -0.320. The lowest BCUT2D eigenvalue weighted by Gasteiger charge is -2.31. The van der Waals surface area contributed by atoms with Gasteiger partial charge in [-0.25, -0.2) is 0 Å². The molecule has 0 aromatic rings. The molecule has 2 aliphatic rings. The Morgan fingerprint density at radius 2 is 2.00 bits per heavy atom. The van der Waals surface area contributed by atoms with E-state index in [1.54, 1.807) is 0 Å². The van der Waals surface area contributed by atoms with E-state index in [2.05, 4.69) is 5.32 Å². The van der Waals surface area contributed by atoms with Crippen molar-refractivity contribution in [1.29, 1.82) is 0 Å². The maximum atomic E-state index is 11.9. The highest BCUT2D eigenvalue weighted by molar-refractivity contribution is 5.85. The van der Waals surface area contributed by atoms with Crippen LogP contribution in [0.15, 0.2) is 0 Å². The van der Waals surface area contributed by atoms with Gasteiger partial charge in [-0.2, -0.15) is 0 Å². The third-order valence-electron chi connectivity index (χ3n) is 3.76.